The number of rotatable bonds is 7. The lowest BCUT2D eigenvalue weighted by Crippen LogP contribution is -2.27. The van der Waals surface area contributed by atoms with Gasteiger partial charge in [-0.05, 0) is 38.9 Å². The highest BCUT2D eigenvalue weighted by Gasteiger charge is 2.08. The molecule has 0 fully saturated rings. The van der Waals surface area contributed by atoms with Crippen LogP contribution in [0.1, 0.15) is 19.8 Å². The molecule has 1 aromatic rings. The van der Waals surface area contributed by atoms with Crippen molar-refractivity contribution in [1.82, 2.24) is 5.32 Å². The van der Waals surface area contributed by atoms with Gasteiger partial charge in [-0.2, -0.15) is 0 Å². The molecule has 94 valence electrons. The zero-order chi connectivity index (χ0) is 12.7. The van der Waals surface area contributed by atoms with E-state index in [2.05, 4.69) is 11.9 Å². The monoisotopic (exact) mass is 253 g/mol. The summed E-state index contributed by atoms with van der Waals surface area (Å²) < 4.78 is 13.4. The van der Waals surface area contributed by atoms with E-state index in [1.165, 1.54) is 11.6 Å². The minimum absolute atomic E-state index is 0.132. The number of halogens is 1. The molecule has 0 heterocycles. The Bertz CT molecular complexity index is 365. The van der Waals surface area contributed by atoms with Crippen LogP contribution in [0.4, 0.5) is 4.39 Å². The molecule has 0 aromatic heterocycles. The fourth-order valence-electron chi connectivity index (χ4n) is 1.48. The molecule has 1 aromatic carbocycles. The third-order valence-electron chi connectivity index (χ3n) is 2.60. The third-order valence-corrected chi connectivity index (χ3v) is 3.82. The molecule has 1 N–H and O–H groups in total. The minimum Gasteiger partial charge on any atom is -0.316 e. The number of nitrogens with one attached hydrogen (secondary N) is 1. The Morgan fingerprint density at radius 1 is 1.47 bits per heavy atom. The van der Waals surface area contributed by atoms with Crippen LogP contribution in [0.5, 0.6) is 0 Å². The first-order valence-electron chi connectivity index (χ1n) is 5.82. The quantitative estimate of drug-likeness (QED) is 0.585. The van der Waals surface area contributed by atoms with Crippen LogP contribution in [-0.2, 0) is 0 Å². The standard InChI is InChI=1S/C14H20FNS/c1-11(2)8-9-12(16-3)10-17-14-7-5-4-6-13(14)15/h4-7,12,16H,1,8-10H2,2-3H3. The van der Waals surface area contributed by atoms with Crippen LogP contribution >= 0.6 is 11.8 Å². The number of thioether (sulfide) groups is 1. The van der Waals surface area contributed by atoms with Crippen molar-refractivity contribution in [3.8, 4) is 0 Å². The van der Waals surface area contributed by atoms with Gasteiger partial charge in [0.1, 0.15) is 5.82 Å². The highest BCUT2D eigenvalue weighted by Crippen LogP contribution is 2.23. The van der Waals surface area contributed by atoms with Gasteiger partial charge in [0.05, 0.1) is 0 Å². The first-order chi connectivity index (χ1) is 8.13. The van der Waals surface area contributed by atoms with Crippen molar-refractivity contribution in [2.45, 2.75) is 30.7 Å². The molecule has 0 saturated carbocycles. The Labute approximate surface area is 107 Å². The normalized spacial score (nSPS) is 12.4. The van der Waals surface area contributed by atoms with E-state index in [4.69, 9.17) is 0 Å². The molecule has 0 radical (unpaired) electrons. The van der Waals surface area contributed by atoms with Gasteiger partial charge in [-0.3, -0.25) is 0 Å². The summed E-state index contributed by atoms with van der Waals surface area (Å²) in [5, 5.41) is 3.26. The van der Waals surface area contributed by atoms with Gasteiger partial charge in [-0.15, -0.1) is 18.3 Å². The molecule has 0 aliphatic rings. The second kappa shape index (κ2) is 7.51. The van der Waals surface area contributed by atoms with E-state index >= 15 is 0 Å². The Hall–Kier alpha value is -0.800. The number of allylic oxidation sites excluding steroid dienone is 1. The Morgan fingerprint density at radius 2 is 2.18 bits per heavy atom. The molecule has 0 saturated heterocycles. The van der Waals surface area contributed by atoms with E-state index < -0.39 is 0 Å². The fourth-order valence-corrected chi connectivity index (χ4v) is 2.58. The molecule has 1 nitrogen and oxygen atoms in total. The molecular weight excluding hydrogens is 233 g/mol. The molecule has 1 rings (SSSR count). The first-order valence-corrected chi connectivity index (χ1v) is 6.81. The SMILES string of the molecule is C=C(C)CCC(CSc1ccccc1F)NC. The summed E-state index contributed by atoms with van der Waals surface area (Å²) in [6.07, 6.45) is 2.07. The number of hydrogen-bond acceptors (Lipinski definition) is 2. The molecular formula is C14H20FNS. The first kappa shape index (κ1) is 14.3. The topological polar surface area (TPSA) is 12.0 Å². The van der Waals surface area contributed by atoms with Gasteiger partial charge >= 0.3 is 0 Å². The Morgan fingerprint density at radius 3 is 2.76 bits per heavy atom. The summed E-state index contributed by atoms with van der Waals surface area (Å²) in [6, 6.07) is 7.32. The van der Waals surface area contributed by atoms with Crippen LogP contribution in [0.15, 0.2) is 41.3 Å². The summed E-state index contributed by atoms with van der Waals surface area (Å²) in [5.41, 5.74) is 1.20. The van der Waals surface area contributed by atoms with E-state index in [-0.39, 0.29) is 5.82 Å². The Balaban J connectivity index is 2.42. The van der Waals surface area contributed by atoms with E-state index in [1.54, 1.807) is 17.8 Å². The van der Waals surface area contributed by atoms with Gasteiger partial charge in [0.2, 0.25) is 0 Å². The second-order valence-electron chi connectivity index (χ2n) is 4.22. The zero-order valence-corrected chi connectivity index (χ0v) is 11.3. The van der Waals surface area contributed by atoms with Crippen molar-refractivity contribution in [2.75, 3.05) is 12.8 Å². The van der Waals surface area contributed by atoms with Crippen molar-refractivity contribution >= 4 is 11.8 Å². The number of benzene rings is 1. The summed E-state index contributed by atoms with van der Waals surface area (Å²) >= 11 is 1.56. The molecule has 0 aliphatic carbocycles. The molecule has 1 unspecified atom stereocenters. The van der Waals surface area contributed by atoms with Crippen molar-refractivity contribution in [2.24, 2.45) is 0 Å². The van der Waals surface area contributed by atoms with Crippen LogP contribution < -0.4 is 5.32 Å². The van der Waals surface area contributed by atoms with Crippen molar-refractivity contribution in [3.63, 3.8) is 0 Å². The van der Waals surface area contributed by atoms with Gasteiger partial charge in [0.15, 0.2) is 0 Å². The van der Waals surface area contributed by atoms with Crippen LogP contribution in [0.2, 0.25) is 0 Å². The van der Waals surface area contributed by atoms with Crippen LogP contribution in [0.3, 0.4) is 0 Å². The number of hydrogen-bond donors (Lipinski definition) is 1. The van der Waals surface area contributed by atoms with Gasteiger partial charge in [0, 0.05) is 16.7 Å². The summed E-state index contributed by atoms with van der Waals surface area (Å²) in [7, 11) is 1.95. The largest absolute Gasteiger partial charge is 0.316 e. The molecule has 0 aliphatic heterocycles. The van der Waals surface area contributed by atoms with Crippen LogP contribution in [0.25, 0.3) is 0 Å². The second-order valence-corrected chi connectivity index (χ2v) is 5.28. The molecule has 3 heteroatoms. The van der Waals surface area contributed by atoms with E-state index in [1.807, 2.05) is 26.1 Å². The lowest BCUT2D eigenvalue weighted by atomic mass is 10.1. The van der Waals surface area contributed by atoms with Gasteiger partial charge < -0.3 is 5.32 Å². The van der Waals surface area contributed by atoms with Gasteiger partial charge in [-0.1, -0.05) is 17.7 Å². The summed E-state index contributed by atoms with van der Waals surface area (Å²) in [5.74, 6) is 0.748. The van der Waals surface area contributed by atoms with Crippen molar-refractivity contribution < 1.29 is 4.39 Å². The highest BCUT2D eigenvalue weighted by molar-refractivity contribution is 7.99. The maximum Gasteiger partial charge on any atom is 0.136 e. The van der Waals surface area contributed by atoms with Gasteiger partial charge in [0.25, 0.3) is 0 Å². The summed E-state index contributed by atoms with van der Waals surface area (Å²) in [4.78, 5) is 0.725. The average molecular weight is 253 g/mol. The fraction of sp³-hybridized carbons (Fsp3) is 0.429. The smallest absolute Gasteiger partial charge is 0.136 e. The minimum atomic E-state index is -0.132. The summed E-state index contributed by atoms with van der Waals surface area (Å²) in [6.45, 7) is 5.94. The van der Waals surface area contributed by atoms with Gasteiger partial charge in [-0.25, -0.2) is 4.39 Å². The zero-order valence-electron chi connectivity index (χ0n) is 10.5. The predicted molar refractivity (Wildman–Crippen MR) is 74.0 cm³/mol. The van der Waals surface area contributed by atoms with Crippen LogP contribution in [0, 0.1) is 5.82 Å². The van der Waals surface area contributed by atoms with E-state index in [0.29, 0.717) is 6.04 Å². The maximum absolute atomic E-state index is 13.4. The maximum atomic E-state index is 13.4. The molecule has 0 bridgehead atoms. The van der Waals surface area contributed by atoms with E-state index in [9.17, 15) is 4.39 Å². The molecule has 1 atom stereocenters. The molecule has 0 spiro atoms. The Kier molecular flexibility index (Phi) is 6.30. The lowest BCUT2D eigenvalue weighted by Gasteiger charge is -2.15. The third kappa shape index (κ3) is 5.37. The average Bonchev–Trinajstić information content (AvgIpc) is 2.31. The van der Waals surface area contributed by atoms with Crippen LogP contribution in [-0.4, -0.2) is 18.8 Å². The molecule has 17 heavy (non-hydrogen) atoms. The van der Waals surface area contributed by atoms with E-state index in [0.717, 1.165) is 23.5 Å². The van der Waals surface area contributed by atoms with Crippen molar-refractivity contribution in [3.05, 3.63) is 42.2 Å². The molecule has 0 amide bonds. The van der Waals surface area contributed by atoms with Crippen molar-refractivity contribution in [1.29, 1.82) is 0 Å². The predicted octanol–water partition coefficient (Wildman–Crippen LogP) is 3.86. The highest BCUT2D eigenvalue weighted by atomic mass is 32.2. The lowest BCUT2D eigenvalue weighted by molar-refractivity contribution is 0.569.